The zero-order valence-corrected chi connectivity index (χ0v) is 22.0. The Hall–Kier alpha value is -3.86. The maximum atomic E-state index is 13.1. The van der Waals surface area contributed by atoms with E-state index in [-0.39, 0.29) is 5.78 Å². The Morgan fingerprint density at radius 3 is 2.84 bits per heavy atom. The van der Waals surface area contributed by atoms with Gasteiger partial charge in [0.05, 0.1) is 35.5 Å². The Morgan fingerprint density at radius 1 is 1.18 bits per heavy atom. The molecule has 0 unspecified atom stereocenters. The molecule has 0 radical (unpaired) electrons. The summed E-state index contributed by atoms with van der Waals surface area (Å²) in [6.45, 7) is 6.37. The summed E-state index contributed by atoms with van der Waals surface area (Å²) >= 11 is 1.39. The third-order valence-corrected chi connectivity index (χ3v) is 7.19. The van der Waals surface area contributed by atoms with Crippen LogP contribution in [-0.2, 0) is 9.47 Å². The smallest absolute Gasteiger partial charge is 0.414 e. The SMILES string of the molecule is CC=CCN(C(=O)OCCN1CCOCC1)c1cccc(-c2ccnc3c(C(=O)c4cccs4)cnn23)c1. The second-order valence-electron chi connectivity index (χ2n) is 8.73. The fourth-order valence-electron chi connectivity index (χ4n) is 4.30. The first-order valence-corrected chi connectivity index (χ1v) is 13.4. The number of carbonyl (C=O) groups excluding carboxylic acids is 2. The number of hydrogen-bond donors (Lipinski definition) is 0. The fourth-order valence-corrected chi connectivity index (χ4v) is 4.98. The lowest BCUT2D eigenvalue weighted by atomic mass is 10.1. The summed E-state index contributed by atoms with van der Waals surface area (Å²) < 4.78 is 12.7. The van der Waals surface area contributed by atoms with Crippen molar-refractivity contribution in [2.75, 3.05) is 50.9 Å². The van der Waals surface area contributed by atoms with Crippen molar-refractivity contribution in [2.45, 2.75) is 6.92 Å². The number of aromatic nitrogens is 3. The largest absolute Gasteiger partial charge is 0.448 e. The van der Waals surface area contributed by atoms with Crippen molar-refractivity contribution in [3.05, 3.63) is 82.8 Å². The van der Waals surface area contributed by atoms with E-state index < -0.39 is 6.09 Å². The van der Waals surface area contributed by atoms with Crippen LogP contribution in [-0.4, -0.2) is 77.4 Å². The first-order chi connectivity index (χ1) is 18.7. The van der Waals surface area contributed by atoms with Crippen LogP contribution in [0.25, 0.3) is 16.9 Å². The third-order valence-electron chi connectivity index (χ3n) is 6.33. The molecular formula is C28H29N5O4S. The number of benzene rings is 1. The number of anilines is 1. The van der Waals surface area contributed by atoms with Gasteiger partial charge in [0.15, 0.2) is 5.65 Å². The van der Waals surface area contributed by atoms with Gasteiger partial charge in [-0.2, -0.15) is 5.10 Å². The van der Waals surface area contributed by atoms with Crippen molar-refractivity contribution in [3.63, 3.8) is 0 Å². The summed E-state index contributed by atoms with van der Waals surface area (Å²) in [4.78, 5) is 35.0. The molecule has 1 saturated heterocycles. The number of ketones is 1. The van der Waals surface area contributed by atoms with Crippen molar-refractivity contribution in [2.24, 2.45) is 0 Å². The topological polar surface area (TPSA) is 89.3 Å². The van der Waals surface area contributed by atoms with Crippen LogP contribution < -0.4 is 4.90 Å². The zero-order valence-electron chi connectivity index (χ0n) is 21.2. The summed E-state index contributed by atoms with van der Waals surface area (Å²) in [7, 11) is 0. The Morgan fingerprint density at radius 2 is 2.05 bits per heavy atom. The highest BCUT2D eigenvalue weighted by molar-refractivity contribution is 7.12. The van der Waals surface area contributed by atoms with Crippen molar-refractivity contribution < 1.29 is 19.1 Å². The molecule has 1 aliphatic heterocycles. The van der Waals surface area contributed by atoms with E-state index in [0.29, 0.717) is 54.7 Å². The van der Waals surface area contributed by atoms with Gasteiger partial charge in [0.2, 0.25) is 5.78 Å². The van der Waals surface area contributed by atoms with Crippen molar-refractivity contribution >= 4 is 34.5 Å². The van der Waals surface area contributed by atoms with Crippen LogP contribution in [0, 0.1) is 0 Å². The van der Waals surface area contributed by atoms with Crippen LogP contribution in [0.5, 0.6) is 0 Å². The number of nitrogens with zero attached hydrogens (tertiary/aromatic N) is 5. The quantitative estimate of drug-likeness (QED) is 0.231. The van der Waals surface area contributed by atoms with E-state index in [2.05, 4.69) is 15.0 Å². The highest BCUT2D eigenvalue weighted by atomic mass is 32.1. The Balaban J connectivity index is 1.39. The summed E-state index contributed by atoms with van der Waals surface area (Å²) in [6.07, 6.45) is 6.64. The molecule has 1 aromatic carbocycles. The fraction of sp³-hybridized carbons (Fsp3) is 0.286. The van der Waals surface area contributed by atoms with E-state index in [1.165, 1.54) is 11.3 Å². The minimum absolute atomic E-state index is 0.106. The first kappa shape index (κ1) is 25.8. The molecule has 9 nitrogen and oxygen atoms in total. The molecule has 0 atom stereocenters. The Kier molecular flexibility index (Phi) is 8.22. The number of amides is 1. The number of thiophene rings is 1. The summed E-state index contributed by atoms with van der Waals surface area (Å²) in [5.41, 5.74) is 3.22. The second-order valence-corrected chi connectivity index (χ2v) is 9.68. The van der Waals surface area contributed by atoms with Crippen molar-refractivity contribution in [1.82, 2.24) is 19.5 Å². The molecule has 1 fully saturated rings. The van der Waals surface area contributed by atoms with Gasteiger partial charge >= 0.3 is 6.09 Å². The van der Waals surface area contributed by atoms with Gasteiger partial charge in [0, 0.05) is 43.6 Å². The van der Waals surface area contributed by atoms with Crippen LogP contribution >= 0.6 is 11.3 Å². The molecule has 38 heavy (non-hydrogen) atoms. The minimum atomic E-state index is -0.406. The number of ether oxygens (including phenoxy) is 2. The van der Waals surface area contributed by atoms with E-state index >= 15 is 0 Å². The normalized spacial score (nSPS) is 14.2. The maximum Gasteiger partial charge on any atom is 0.414 e. The van der Waals surface area contributed by atoms with Gasteiger partial charge in [-0.1, -0.05) is 30.4 Å². The van der Waals surface area contributed by atoms with Crippen molar-refractivity contribution in [3.8, 4) is 11.3 Å². The van der Waals surface area contributed by atoms with Gasteiger partial charge in [-0.3, -0.25) is 14.6 Å². The average Bonchev–Trinajstić information content (AvgIpc) is 3.64. The number of allylic oxidation sites excluding steroid dienone is 1. The lowest BCUT2D eigenvalue weighted by Gasteiger charge is -2.27. The van der Waals surface area contributed by atoms with E-state index in [4.69, 9.17) is 9.47 Å². The first-order valence-electron chi connectivity index (χ1n) is 12.5. The van der Waals surface area contributed by atoms with Crippen LogP contribution in [0.4, 0.5) is 10.5 Å². The summed E-state index contributed by atoms with van der Waals surface area (Å²) in [6, 6.07) is 13.1. The van der Waals surface area contributed by atoms with Gasteiger partial charge in [-0.25, -0.2) is 14.3 Å². The van der Waals surface area contributed by atoms with E-state index in [1.54, 1.807) is 27.9 Å². The van der Waals surface area contributed by atoms with Gasteiger partial charge in [-0.15, -0.1) is 11.3 Å². The molecule has 0 aliphatic carbocycles. The molecule has 4 heterocycles. The van der Waals surface area contributed by atoms with E-state index in [0.717, 1.165) is 24.3 Å². The van der Waals surface area contributed by atoms with Crippen molar-refractivity contribution in [1.29, 1.82) is 0 Å². The lowest BCUT2D eigenvalue weighted by Crippen LogP contribution is -2.39. The highest BCUT2D eigenvalue weighted by Gasteiger charge is 2.21. The van der Waals surface area contributed by atoms with Gasteiger partial charge in [-0.05, 0) is 36.6 Å². The highest BCUT2D eigenvalue weighted by Crippen LogP contribution is 2.27. The average molecular weight is 532 g/mol. The molecule has 0 N–H and O–H groups in total. The lowest BCUT2D eigenvalue weighted by molar-refractivity contribution is 0.0286. The summed E-state index contributed by atoms with van der Waals surface area (Å²) in [5, 5.41) is 6.35. The Bertz CT molecular complexity index is 1430. The standard InChI is InChI=1S/C28H29N5O4S/c1-2-3-11-32(28(35)37-17-14-31-12-15-36-16-13-31)22-7-4-6-21(19-22)24-9-10-29-27-23(20-30-33(24)27)26(34)25-8-5-18-38-25/h2-10,18-20H,11-17H2,1H3. The molecule has 3 aromatic heterocycles. The second kappa shape index (κ2) is 12.1. The molecule has 0 spiro atoms. The Labute approximate surface area is 224 Å². The van der Waals surface area contributed by atoms with Crippen LogP contribution in [0.15, 0.2) is 72.4 Å². The zero-order chi connectivity index (χ0) is 26.3. The van der Waals surface area contributed by atoms with Gasteiger partial charge in [0.1, 0.15) is 6.61 Å². The molecule has 5 rings (SSSR count). The van der Waals surface area contributed by atoms with Gasteiger partial charge < -0.3 is 9.47 Å². The number of fused-ring (bicyclic) bond motifs is 1. The number of rotatable bonds is 9. The summed E-state index contributed by atoms with van der Waals surface area (Å²) in [5.74, 6) is -0.106. The molecule has 0 bridgehead atoms. The van der Waals surface area contributed by atoms with E-state index in [1.807, 2.05) is 60.9 Å². The van der Waals surface area contributed by atoms with Crippen LogP contribution in [0.2, 0.25) is 0 Å². The molecule has 196 valence electrons. The molecule has 10 heteroatoms. The number of morpholine rings is 1. The molecule has 4 aromatic rings. The maximum absolute atomic E-state index is 13.1. The third kappa shape index (κ3) is 5.67. The predicted molar refractivity (Wildman–Crippen MR) is 147 cm³/mol. The molecular weight excluding hydrogens is 502 g/mol. The van der Waals surface area contributed by atoms with E-state index in [9.17, 15) is 9.59 Å². The van der Waals surface area contributed by atoms with Gasteiger partial charge in [0.25, 0.3) is 0 Å². The number of hydrogen-bond acceptors (Lipinski definition) is 8. The minimum Gasteiger partial charge on any atom is -0.448 e. The predicted octanol–water partition coefficient (Wildman–Crippen LogP) is 4.54. The van der Waals surface area contributed by atoms with Crippen LogP contribution in [0.1, 0.15) is 22.2 Å². The monoisotopic (exact) mass is 531 g/mol. The van der Waals surface area contributed by atoms with Crippen LogP contribution in [0.3, 0.4) is 0 Å². The molecule has 1 aliphatic rings. The molecule has 1 amide bonds. The molecule has 0 saturated carbocycles. The number of carbonyl (C=O) groups is 2.